The molecule has 26 heavy (non-hydrogen) atoms. The average molecular weight is 379 g/mol. The van der Waals surface area contributed by atoms with Crippen LogP contribution in [0.4, 0.5) is 8.78 Å². The number of benzene rings is 2. The second-order valence-electron chi connectivity index (χ2n) is 6.38. The Morgan fingerprint density at radius 1 is 1.04 bits per heavy atom. The molecule has 140 valence electrons. The molecule has 0 spiro atoms. The van der Waals surface area contributed by atoms with Crippen LogP contribution in [-0.2, 0) is 9.53 Å². The van der Waals surface area contributed by atoms with Gasteiger partial charge in [-0.3, -0.25) is 4.79 Å². The topological polar surface area (TPSA) is 52.3 Å². The number of halogens is 2. The lowest BCUT2D eigenvalue weighted by molar-refractivity contribution is -0.149. The molecular weight excluding hydrogens is 356 g/mol. The van der Waals surface area contributed by atoms with Crippen molar-refractivity contribution in [1.29, 1.82) is 0 Å². The van der Waals surface area contributed by atoms with Crippen molar-refractivity contribution >= 4 is 17.7 Å². The Morgan fingerprint density at radius 3 is 2.15 bits per heavy atom. The number of aryl methyl sites for hydroxylation is 2. The summed E-state index contributed by atoms with van der Waals surface area (Å²) in [5, 5.41) is -0.289. The third-order valence-electron chi connectivity index (χ3n) is 4.03. The Hall–Kier alpha value is -1.92. The van der Waals surface area contributed by atoms with Crippen LogP contribution in [0.2, 0.25) is 0 Å². The monoisotopic (exact) mass is 379 g/mol. The highest BCUT2D eigenvalue weighted by Gasteiger charge is 2.27. The van der Waals surface area contributed by atoms with E-state index in [2.05, 4.69) is 0 Å². The largest absolute Gasteiger partial charge is 0.460 e. The normalized spacial score (nSPS) is 14.6. The summed E-state index contributed by atoms with van der Waals surface area (Å²) in [6.07, 6.45) is -0.507. The summed E-state index contributed by atoms with van der Waals surface area (Å²) in [5.74, 6) is -1.13. The molecule has 0 unspecified atom stereocenters. The van der Waals surface area contributed by atoms with Crippen LogP contribution in [-0.4, -0.2) is 18.1 Å². The lowest BCUT2D eigenvalue weighted by Gasteiger charge is -2.26. The molecule has 0 amide bonds. The fraction of sp³-hybridized carbons (Fsp3) is 0.350. The first-order chi connectivity index (χ1) is 12.2. The molecule has 2 aromatic rings. The summed E-state index contributed by atoms with van der Waals surface area (Å²) in [6, 6.07) is 8.33. The predicted octanol–water partition coefficient (Wildman–Crippen LogP) is 4.69. The van der Waals surface area contributed by atoms with E-state index in [-0.39, 0.29) is 16.9 Å². The van der Waals surface area contributed by atoms with Gasteiger partial charge in [0.15, 0.2) is 0 Å². The molecule has 0 aliphatic heterocycles. The third kappa shape index (κ3) is 5.05. The summed E-state index contributed by atoms with van der Waals surface area (Å²) in [4.78, 5) is 12.8. The van der Waals surface area contributed by atoms with Crippen LogP contribution in [0.15, 0.2) is 41.3 Å². The van der Waals surface area contributed by atoms with Crippen molar-refractivity contribution < 1.29 is 18.3 Å². The van der Waals surface area contributed by atoms with Crippen LogP contribution < -0.4 is 5.73 Å². The summed E-state index contributed by atoms with van der Waals surface area (Å²) in [5.41, 5.74) is 7.98. The van der Waals surface area contributed by atoms with E-state index in [9.17, 15) is 13.6 Å². The summed E-state index contributed by atoms with van der Waals surface area (Å²) >= 11 is 1.45. The van der Waals surface area contributed by atoms with Crippen LogP contribution >= 0.6 is 11.8 Å². The maximum atomic E-state index is 13.5. The molecule has 0 saturated heterocycles. The third-order valence-corrected chi connectivity index (χ3v) is 5.63. The molecule has 2 aromatic carbocycles. The summed E-state index contributed by atoms with van der Waals surface area (Å²) in [6.45, 7) is 6.96. The average Bonchev–Trinajstić information content (AvgIpc) is 2.54. The van der Waals surface area contributed by atoms with Gasteiger partial charge in [0.05, 0.1) is 5.25 Å². The summed E-state index contributed by atoms with van der Waals surface area (Å²) in [7, 11) is 0. The molecule has 0 aromatic heterocycles. The number of carbonyl (C=O) groups is 1. The van der Waals surface area contributed by atoms with Gasteiger partial charge in [-0.25, -0.2) is 8.78 Å². The molecule has 2 rings (SSSR count). The number of thioether (sulfide) groups is 1. The minimum absolute atomic E-state index is 0.289. The van der Waals surface area contributed by atoms with Gasteiger partial charge < -0.3 is 10.5 Å². The zero-order chi connectivity index (χ0) is 19.4. The molecule has 0 aliphatic rings. The highest BCUT2D eigenvalue weighted by atomic mass is 32.2. The highest BCUT2D eigenvalue weighted by Crippen LogP contribution is 2.41. The van der Waals surface area contributed by atoms with E-state index in [1.807, 2.05) is 13.8 Å². The Labute approximate surface area is 156 Å². The van der Waals surface area contributed by atoms with Crippen molar-refractivity contribution in [3.63, 3.8) is 0 Å². The first-order valence-electron chi connectivity index (χ1n) is 8.34. The van der Waals surface area contributed by atoms with Crippen molar-refractivity contribution in [2.24, 2.45) is 5.73 Å². The van der Waals surface area contributed by atoms with Crippen molar-refractivity contribution in [2.75, 3.05) is 0 Å². The molecule has 0 bridgehead atoms. The van der Waals surface area contributed by atoms with E-state index in [1.165, 1.54) is 36.0 Å². The Balaban J connectivity index is 2.38. The smallest absolute Gasteiger partial charge is 0.322 e. The van der Waals surface area contributed by atoms with Gasteiger partial charge in [-0.15, -0.1) is 11.8 Å². The van der Waals surface area contributed by atoms with Gasteiger partial charge in [-0.2, -0.15) is 0 Å². The minimum atomic E-state index is -0.732. The second-order valence-corrected chi connectivity index (χ2v) is 7.56. The fourth-order valence-electron chi connectivity index (χ4n) is 2.60. The van der Waals surface area contributed by atoms with Crippen molar-refractivity contribution in [2.45, 2.75) is 50.0 Å². The number of hydrogen-bond acceptors (Lipinski definition) is 4. The fourth-order valence-corrected chi connectivity index (χ4v) is 3.91. The van der Waals surface area contributed by atoms with Gasteiger partial charge in [0.1, 0.15) is 23.8 Å². The van der Waals surface area contributed by atoms with Crippen molar-refractivity contribution in [3.8, 4) is 0 Å². The van der Waals surface area contributed by atoms with Gasteiger partial charge in [0.25, 0.3) is 0 Å². The van der Waals surface area contributed by atoms with E-state index >= 15 is 0 Å². The maximum absolute atomic E-state index is 13.5. The Morgan fingerprint density at radius 2 is 1.62 bits per heavy atom. The number of esters is 1. The molecule has 0 radical (unpaired) electrons. The van der Waals surface area contributed by atoms with E-state index < -0.39 is 18.1 Å². The number of ether oxygens (including phenoxy) is 1. The number of hydrogen-bond donors (Lipinski definition) is 1. The first-order valence-corrected chi connectivity index (χ1v) is 9.22. The second kappa shape index (κ2) is 8.64. The molecule has 0 heterocycles. The van der Waals surface area contributed by atoms with Crippen LogP contribution in [0.3, 0.4) is 0 Å². The molecule has 0 aliphatic carbocycles. The molecule has 2 N–H and O–H groups in total. The van der Waals surface area contributed by atoms with E-state index in [0.717, 1.165) is 21.6 Å². The van der Waals surface area contributed by atoms with Gasteiger partial charge in [-0.05, 0) is 74.7 Å². The number of nitrogens with two attached hydrogens (primary N) is 1. The lowest BCUT2D eigenvalue weighted by atomic mass is 10.0. The molecular formula is C20H23F2NO2S. The van der Waals surface area contributed by atoms with Gasteiger partial charge in [0.2, 0.25) is 0 Å². The van der Waals surface area contributed by atoms with Crippen LogP contribution in [0.1, 0.15) is 35.8 Å². The number of rotatable bonds is 6. The Kier molecular flexibility index (Phi) is 6.78. The standard InChI is InChI=1S/C20H23F2NO2S/c1-11-9-15(21)5-7-17(11)19(14(4)25-20(24)13(3)23)26-18-8-6-16(22)10-12(18)2/h5-10,13-14,19H,23H2,1-4H3/t13-,14-,19-/m0/s1. The molecule has 3 nitrogen and oxygen atoms in total. The van der Waals surface area contributed by atoms with Crippen molar-refractivity contribution in [3.05, 3.63) is 64.7 Å². The zero-order valence-corrected chi connectivity index (χ0v) is 16.1. The van der Waals surface area contributed by atoms with Gasteiger partial charge >= 0.3 is 5.97 Å². The van der Waals surface area contributed by atoms with Gasteiger partial charge in [0, 0.05) is 4.90 Å². The van der Waals surface area contributed by atoms with Crippen LogP contribution in [0.25, 0.3) is 0 Å². The molecule has 0 fully saturated rings. The SMILES string of the molecule is Cc1cc(F)ccc1S[C@H](c1ccc(F)cc1C)[C@H](C)OC(=O)[C@H](C)N. The van der Waals surface area contributed by atoms with E-state index in [0.29, 0.717) is 0 Å². The maximum Gasteiger partial charge on any atom is 0.322 e. The Bertz CT molecular complexity index is 795. The quantitative estimate of drug-likeness (QED) is 0.584. The van der Waals surface area contributed by atoms with Crippen molar-refractivity contribution in [1.82, 2.24) is 0 Å². The molecule has 6 heteroatoms. The predicted molar refractivity (Wildman–Crippen MR) is 100 cm³/mol. The lowest BCUT2D eigenvalue weighted by Crippen LogP contribution is -2.33. The van der Waals surface area contributed by atoms with Crippen LogP contribution in [0.5, 0.6) is 0 Å². The summed E-state index contributed by atoms with van der Waals surface area (Å²) < 4.78 is 32.4. The first kappa shape index (κ1) is 20.4. The van der Waals surface area contributed by atoms with Crippen LogP contribution in [0, 0.1) is 25.5 Å². The molecule has 0 saturated carbocycles. The molecule has 3 atom stereocenters. The minimum Gasteiger partial charge on any atom is -0.460 e. The van der Waals surface area contributed by atoms with E-state index in [1.54, 1.807) is 26.0 Å². The highest BCUT2D eigenvalue weighted by molar-refractivity contribution is 7.99. The van der Waals surface area contributed by atoms with Gasteiger partial charge in [-0.1, -0.05) is 6.07 Å². The number of carbonyl (C=O) groups excluding carboxylic acids is 1. The zero-order valence-electron chi connectivity index (χ0n) is 15.3. The van der Waals surface area contributed by atoms with E-state index in [4.69, 9.17) is 10.5 Å².